The highest BCUT2D eigenvalue weighted by Crippen LogP contribution is 2.28. The molecule has 0 saturated carbocycles. The number of hydrazine groups is 2. The minimum absolute atomic E-state index is 0.00656. The van der Waals surface area contributed by atoms with Crippen LogP contribution in [0.25, 0.3) is 0 Å². The summed E-state index contributed by atoms with van der Waals surface area (Å²) in [7, 11) is 3.33. The number of nitrogens with zero attached hydrogens (tertiary/aromatic N) is 4. The molecule has 0 spiro atoms. The Balaban J connectivity index is 2.18. The van der Waals surface area contributed by atoms with E-state index in [4.69, 9.17) is 0 Å². The Bertz CT molecular complexity index is 747. The highest BCUT2D eigenvalue weighted by Gasteiger charge is 2.23. The second kappa shape index (κ2) is 7.33. The van der Waals surface area contributed by atoms with Crippen LogP contribution in [-0.2, 0) is 0 Å². The molecular formula is C14H17N7O3. The van der Waals surface area contributed by atoms with Gasteiger partial charge in [0.2, 0.25) is 11.6 Å². The maximum Gasteiger partial charge on any atom is 0.356 e. The molecule has 0 aliphatic carbocycles. The molecule has 24 heavy (non-hydrogen) atoms. The zero-order valence-electron chi connectivity index (χ0n) is 13.4. The summed E-state index contributed by atoms with van der Waals surface area (Å²) in [5.74, 6) is -0.558. The van der Waals surface area contributed by atoms with Gasteiger partial charge in [-0.3, -0.25) is 31.2 Å². The summed E-state index contributed by atoms with van der Waals surface area (Å²) in [5, 5.41) is 12.8. The molecule has 0 fully saturated rings. The molecule has 10 heteroatoms. The number of rotatable bonds is 6. The number of hydrogen-bond acceptors (Lipinski definition) is 8. The van der Waals surface area contributed by atoms with Crippen LogP contribution in [0.4, 0.5) is 17.3 Å². The van der Waals surface area contributed by atoms with Crippen LogP contribution in [0.2, 0.25) is 0 Å². The number of carbonyl (C=O) groups is 1. The van der Waals surface area contributed by atoms with Crippen molar-refractivity contribution in [3.05, 3.63) is 51.8 Å². The number of benzene rings is 1. The zero-order chi connectivity index (χ0) is 17.7. The van der Waals surface area contributed by atoms with E-state index in [1.807, 2.05) is 6.92 Å². The van der Waals surface area contributed by atoms with Crippen LogP contribution in [-0.4, -0.2) is 39.9 Å². The van der Waals surface area contributed by atoms with Crippen molar-refractivity contribution in [2.75, 3.05) is 24.9 Å². The van der Waals surface area contributed by atoms with Gasteiger partial charge in [0.25, 0.3) is 5.91 Å². The smallest absolute Gasteiger partial charge is 0.298 e. The van der Waals surface area contributed by atoms with Gasteiger partial charge >= 0.3 is 5.69 Å². The Labute approximate surface area is 138 Å². The summed E-state index contributed by atoms with van der Waals surface area (Å²) in [6.07, 6.45) is 1.15. The zero-order valence-corrected chi connectivity index (χ0v) is 13.4. The van der Waals surface area contributed by atoms with E-state index in [1.165, 1.54) is 5.01 Å². The fraction of sp³-hybridized carbons (Fsp3) is 0.214. The molecule has 0 bridgehead atoms. The maximum atomic E-state index is 12.1. The first-order valence-electron chi connectivity index (χ1n) is 6.95. The van der Waals surface area contributed by atoms with Crippen LogP contribution in [0.15, 0.2) is 30.6 Å². The van der Waals surface area contributed by atoms with E-state index in [2.05, 4.69) is 26.2 Å². The van der Waals surface area contributed by atoms with Crippen LogP contribution in [0.3, 0.4) is 0 Å². The Hall–Kier alpha value is -3.27. The quantitative estimate of drug-likeness (QED) is 0.535. The molecule has 1 amide bonds. The maximum absolute atomic E-state index is 12.1. The minimum Gasteiger partial charge on any atom is -0.298 e. The molecule has 0 aliphatic heterocycles. The van der Waals surface area contributed by atoms with E-state index in [0.29, 0.717) is 5.56 Å². The van der Waals surface area contributed by atoms with Crippen LogP contribution in [0.5, 0.6) is 0 Å². The van der Waals surface area contributed by atoms with Gasteiger partial charge in [-0.05, 0) is 19.1 Å². The van der Waals surface area contributed by atoms with Crippen molar-refractivity contribution in [1.82, 2.24) is 20.4 Å². The number of aryl methyl sites for hydroxylation is 1. The average Bonchev–Trinajstić information content (AvgIpc) is 2.52. The molecule has 0 unspecified atom stereocenters. The van der Waals surface area contributed by atoms with Gasteiger partial charge in [0.1, 0.15) is 6.33 Å². The van der Waals surface area contributed by atoms with Gasteiger partial charge in [0.05, 0.1) is 4.92 Å². The summed E-state index contributed by atoms with van der Waals surface area (Å²) in [6.45, 7) is 1.91. The number of carbonyl (C=O) groups excluding carboxylic acids is 1. The lowest BCUT2D eigenvalue weighted by atomic mass is 10.1. The molecule has 1 aromatic carbocycles. The average molecular weight is 331 g/mol. The fourth-order valence-corrected chi connectivity index (χ4v) is 1.83. The highest BCUT2D eigenvalue weighted by atomic mass is 16.6. The SMILES string of the molecule is Cc1ccc(C(=O)NNc2ncnc(NN(C)C)c2[N+](=O)[O-])cc1. The molecule has 0 radical (unpaired) electrons. The second-order valence-electron chi connectivity index (χ2n) is 5.13. The van der Waals surface area contributed by atoms with Crippen molar-refractivity contribution in [1.29, 1.82) is 0 Å². The summed E-state index contributed by atoms with van der Waals surface area (Å²) >= 11 is 0. The molecule has 1 heterocycles. The molecule has 3 N–H and O–H groups in total. The van der Waals surface area contributed by atoms with Crippen molar-refractivity contribution in [2.24, 2.45) is 0 Å². The Morgan fingerprint density at radius 1 is 1.17 bits per heavy atom. The van der Waals surface area contributed by atoms with Gasteiger partial charge in [-0.15, -0.1) is 0 Å². The first-order valence-corrected chi connectivity index (χ1v) is 6.95. The Morgan fingerprint density at radius 3 is 2.38 bits per heavy atom. The number of aromatic nitrogens is 2. The van der Waals surface area contributed by atoms with Crippen molar-refractivity contribution in [3.8, 4) is 0 Å². The number of anilines is 2. The summed E-state index contributed by atoms with van der Waals surface area (Å²) < 4.78 is 0. The van der Waals surface area contributed by atoms with Gasteiger partial charge < -0.3 is 0 Å². The van der Waals surface area contributed by atoms with Gasteiger partial charge in [-0.25, -0.2) is 15.0 Å². The third-order valence-electron chi connectivity index (χ3n) is 2.94. The van der Waals surface area contributed by atoms with Crippen LogP contribution in [0.1, 0.15) is 15.9 Å². The molecule has 0 atom stereocenters. The lowest BCUT2D eigenvalue weighted by Gasteiger charge is -2.14. The van der Waals surface area contributed by atoms with E-state index in [1.54, 1.807) is 38.4 Å². The standard InChI is InChI=1S/C14H17N7O3/c1-9-4-6-10(7-5-9)14(22)18-17-12-11(21(23)24)13(16-8-15-12)19-20(2)3/h4-8H,1-3H3,(H,18,22)(H2,15,16,17,19). The Morgan fingerprint density at radius 2 is 1.79 bits per heavy atom. The van der Waals surface area contributed by atoms with Crippen molar-refractivity contribution in [2.45, 2.75) is 6.92 Å². The predicted octanol–water partition coefficient (Wildman–Crippen LogP) is 1.34. The fourth-order valence-electron chi connectivity index (χ4n) is 1.83. The number of hydrogen-bond donors (Lipinski definition) is 3. The molecule has 1 aromatic heterocycles. The molecule has 0 aliphatic rings. The number of amides is 1. The lowest BCUT2D eigenvalue weighted by molar-refractivity contribution is -0.383. The highest BCUT2D eigenvalue weighted by molar-refractivity contribution is 5.95. The van der Waals surface area contributed by atoms with Crippen molar-refractivity contribution < 1.29 is 9.72 Å². The van der Waals surface area contributed by atoms with Crippen LogP contribution < -0.4 is 16.3 Å². The van der Waals surface area contributed by atoms with E-state index in [0.717, 1.165) is 11.9 Å². The normalized spacial score (nSPS) is 10.3. The largest absolute Gasteiger partial charge is 0.356 e. The molecule has 2 aromatic rings. The van der Waals surface area contributed by atoms with E-state index in [-0.39, 0.29) is 17.3 Å². The van der Waals surface area contributed by atoms with Gasteiger partial charge in [0.15, 0.2) is 0 Å². The predicted molar refractivity (Wildman–Crippen MR) is 88.3 cm³/mol. The first kappa shape index (κ1) is 17.1. The lowest BCUT2D eigenvalue weighted by Crippen LogP contribution is -2.30. The van der Waals surface area contributed by atoms with E-state index < -0.39 is 10.8 Å². The second-order valence-corrected chi connectivity index (χ2v) is 5.13. The van der Waals surface area contributed by atoms with E-state index in [9.17, 15) is 14.9 Å². The first-order chi connectivity index (χ1) is 11.4. The molecule has 2 rings (SSSR count). The Kier molecular flexibility index (Phi) is 5.22. The van der Waals surface area contributed by atoms with Crippen molar-refractivity contribution in [3.63, 3.8) is 0 Å². The third kappa shape index (κ3) is 4.14. The third-order valence-corrected chi connectivity index (χ3v) is 2.94. The van der Waals surface area contributed by atoms with Crippen LogP contribution >= 0.6 is 0 Å². The molecule has 10 nitrogen and oxygen atoms in total. The minimum atomic E-state index is -0.633. The number of nitro groups is 1. The molecule has 0 saturated heterocycles. The summed E-state index contributed by atoms with van der Waals surface area (Å²) in [6, 6.07) is 6.89. The van der Waals surface area contributed by atoms with E-state index >= 15 is 0 Å². The van der Waals surface area contributed by atoms with Gasteiger partial charge in [-0.2, -0.15) is 0 Å². The van der Waals surface area contributed by atoms with Crippen LogP contribution in [0, 0.1) is 17.0 Å². The van der Waals surface area contributed by atoms with Gasteiger partial charge in [-0.1, -0.05) is 17.7 Å². The topological polar surface area (TPSA) is 125 Å². The molecular weight excluding hydrogens is 314 g/mol. The van der Waals surface area contributed by atoms with Gasteiger partial charge in [0, 0.05) is 19.7 Å². The monoisotopic (exact) mass is 331 g/mol. The molecule has 126 valence electrons. The summed E-state index contributed by atoms with van der Waals surface area (Å²) in [4.78, 5) is 30.4. The number of nitrogens with one attached hydrogen (secondary N) is 3. The summed E-state index contributed by atoms with van der Waals surface area (Å²) in [5.41, 5.74) is 8.62. The van der Waals surface area contributed by atoms with Crippen molar-refractivity contribution >= 4 is 23.2 Å².